The molecule has 1 fully saturated rings. The van der Waals surface area contributed by atoms with Crippen LogP contribution in [0, 0.1) is 0 Å². The van der Waals surface area contributed by atoms with E-state index in [1.54, 1.807) is 0 Å². The lowest BCUT2D eigenvalue weighted by Crippen LogP contribution is -2.49. The number of amides is 1. The second kappa shape index (κ2) is 5.22. The van der Waals surface area contributed by atoms with Gasteiger partial charge in [-0.1, -0.05) is 12.8 Å². The van der Waals surface area contributed by atoms with Gasteiger partial charge in [-0.05, 0) is 12.8 Å². The van der Waals surface area contributed by atoms with Gasteiger partial charge in [0.15, 0.2) is 5.76 Å². The Kier molecular flexibility index (Phi) is 3.66. The summed E-state index contributed by atoms with van der Waals surface area (Å²) in [5, 5.41) is 11.5. The van der Waals surface area contributed by atoms with Crippen molar-refractivity contribution in [2.24, 2.45) is 5.73 Å². The van der Waals surface area contributed by atoms with Crippen LogP contribution in [0.4, 0.5) is 0 Å². The molecule has 2 rings (SSSR count). The Bertz CT molecular complexity index is 455. The maximum atomic E-state index is 11.8. The van der Waals surface area contributed by atoms with Gasteiger partial charge in [-0.2, -0.15) is 0 Å². The molecule has 1 aliphatic carbocycles. The first-order valence-electron chi connectivity index (χ1n) is 5.96. The van der Waals surface area contributed by atoms with Gasteiger partial charge in [-0.3, -0.25) is 4.79 Å². The number of hydrogen-bond donors (Lipinski definition) is 3. The predicted octanol–water partition coefficient (Wildman–Crippen LogP) is 0.977. The SMILES string of the molecule is NC1CCCCC1NC(=O)c1cc(C(=O)O)co1. The van der Waals surface area contributed by atoms with Gasteiger partial charge >= 0.3 is 5.97 Å². The molecule has 0 aromatic carbocycles. The van der Waals surface area contributed by atoms with E-state index < -0.39 is 11.9 Å². The third-order valence-corrected chi connectivity index (χ3v) is 3.21. The Morgan fingerprint density at radius 1 is 1.39 bits per heavy atom. The van der Waals surface area contributed by atoms with E-state index in [1.807, 2.05) is 0 Å². The number of carbonyl (C=O) groups excluding carboxylic acids is 1. The van der Waals surface area contributed by atoms with Crippen LogP contribution in [0.5, 0.6) is 0 Å². The number of carbonyl (C=O) groups is 2. The van der Waals surface area contributed by atoms with Crippen LogP contribution in [-0.4, -0.2) is 29.1 Å². The van der Waals surface area contributed by atoms with Crippen molar-refractivity contribution < 1.29 is 19.1 Å². The van der Waals surface area contributed by atoms with Crippen molar-refractivity contribution in [2.75, 3.05) is 0 Å². The summed E-state index contributed by atoms with van der Waals surface area (Å²) >= 11 is 0. The van der Waals surface area contributed by atoms with Crippen molar-refractivity contribution in [3.8, 4) is 0 Å². The van der Waals surface area contributed by atoms with Crippen molar-refractivity contribution in [1.29, 1.82) is 0 Å². The molecule has 2 atom stereocenters. The van der Waals surface area contributed by atoms with Crippen molar-refractivity contribution in [2.45, 2.75) is 37.8 Å². The Labute approximate surface area is 104 Å². The fraction of sp³-hybridized carbons (Fsp3) is 0.500. The molecule has 4 N–H and O–H groups in total. The summed E-state index contributed by atoms with van der Waals surface area (Å²) in [5.41, 5.74) is 5.89. The molecule has 98 valence electrons. The maximum absolute atomic E-state index is 11.8. The molecule has 1 saturated carbocycles. The van der Waals surface area contributed by atoms with E-state index in [2.05, 4.69) is 5.32 Å². The quantitative estimate of drug-likeness (QED) is 0.743. The van der Waals surface area contributed by atoms with Crippen molar-refractivity contribution in [1.82, 2.24) is 5.32 Å². The highest BCUT2D eigenvalue weighted by atomic mass is 16.4. The third kappa shape index (κ3) is 2.70. The number of rotatable bonds is 3. The van der Waals surface area contributed by atoms with Gasteiger partial charge in [0, 0.05) is 18.2 Å². The van der Waals surface area contributed by atoms with Crippen molar-refractivity contribution in [3.05, 3.63) is 23.7 Å². The van der Waals surface area contributed by atoms with Gasteiger partial charge in [0.25, 0.3) is 5.91 Å². The van der Waals surface area contributed by atoms with Crippen LogP contribution in [0.3, 0.4) is 0 Å². The van der Waals surface area contributed by atoms with Crippen molar-refractivity contribution >= 4 is 11.9 Å². The molecule has 6 heteroatoms. The van der Waals surface area contributed by atoms with E-state index in [0.717, 1.165) is 31.9 Å². The summed E-state index contributed by atoms with van der Waals surface area (Å²) in [6, 6.07) is 1.10. The van der Waals surface area contributed by atoms with Gasteiger partial charge < -0.3 is 20.6 Å². The molecule has 1 aromatic rings. The number of furan rings is 1. The Morgan fingerprint density at radius 2 is 2.11 bits per heavy atom. The van der Waals surface area contributed by atoms with E-state index in [1.165, 1.54) is 6.07 Å². The summed E-state index contributed by atoms with van der Waals surface area (Å²) in [7, 11) is 0. The van der Waals surface area contributed by atoms with Gasteiger partial charge in [0.1, 0.15) is 6.26 Å². The first-order chi connectivity index (χ1) is 8.58. The molecule has 1 aliphatic rings. The number of carboxylic acid groups (broad SMARTS) is 1. The average Bonchev–Trinajstić information content (AvgIpc) is 2.81. The topological polar surface area (TPSA) is 106 Å². The number of carboxylic acids is 1. The zero-order chi connectivity index (χ0) is 13.1. The van der Waals surface area contributed by atoms with Gasteiger partial charge in [-0.15, -0.1) is 0 Å². The fourth-order valence-electron chi connectivity index (χ4n) is 2.15. The Hall–Kier alpha value is -1.82. The molecular formula is C12H16N2O4. The molecule has 0 radical (unpaired) electrons. The number of hydrogen-bond acceptors (Lipinski definition) is 4. The lowest BCUT2D eigenvalue weighted by atomic mass is 9.91. The minimum absolute atomic E-state index is 0.00479. The summed E-state index contributed by atoms with van der Waals surface area (Å²) < 4.78 is 4.93. The molecule has 0 spiro atoms. The largest absolute Gasteiger partial charge is 0.478 e. The molecule has 1 amide bonds. The van der Waals surface area contributed by atoms with Crippen LogP contribution in [0.1, 0.15) is 46.6 Å². The zero-order valence-electron chi connectivity index (χ0n) is 9.89. The summed E-state index contributed by atoms with van der Waals surface area (Å²) in [6.07, 6.45) is 4.91. The smallest absolute Gasteiger partial charge is 0.338 e. The standard InChI is InChI=1S/C12H16N2O4/c13-8-3-1-2-4-9(8)14-11(15)10-5-7(6-18-10)12(16)17/h5-6,8-9H,1-4,13H2,(H,14,15)(H,16,17). The normalized spacial score (nSPS) is 23.6. The second-order valence-electron chi connectivity index (χ2n) is 4.53. The molecule has 0 bridgehead atoms. The summed E-state index contributed by atoms with van der Waals surface area (Å²) in [4.78, 5) is 22.5. The summed E-state index contributed by atoms with van der Waals surface area (Å²) in [5.74, 6) is -1.53. The first-order valence-corrected chi connectivity index (χ1v) is 5.96. The monoisotopic (exact) mass is 252 g/mol. The lowest BCUT2D eigenvalue weighted by Gasteiger charge is -2.28. The zero-order valence-corrected chi connectivity index (χ0v) is 9.89. The van der Waals surface area contributed by atoms with Crippen LogP contribution < -0.4 is 11.1 Å². The molecule has 0 aliphatic heterocycles. The van der Waals surface area contributed by atoms with E-state index in [-0.39, 0.29) is 23.4 Å². The van der Waals surface area contributed by atoms with Gasteiger partial charge in [0.2, 0.25) is 0 Å². The second-order valence-corrected chi connectivity index (χ2v) is 4.53. The van der Waals surface area contributed by atoms with Crippen molar-refractivity contribution in [3.63, 3.8) is 0 Å². The third-order valence-electron chi connectivity index (χ3n) is 3.21. The molecule has 1 aromatic heterocycles. The highest BCUT2D eigenvalue weighted by Gasteiger charge is 2.25. The van der Waals surface area contributed by atoms with Crippen LogP contribution >= 0.6 is 0 Å². The molecule has 2 unspecified atom stereocenters. The number of nitrogens with two attached hydrogens (primary N) is 1. The summed E-state index contributed by atoms with van der Waals surface area (Å²) in [6.45, 7) is 0. The fourth-order valence-corrected chi connectivity index (χ4v) is 2.15. The van der Waals surface area contributed by atoms with Crippen LogP contribution in [-0.2, 0) is 0 Å². The van der Waals surface area contributed by atoms with Crippen LogP contribution in [0.15, 0.2) is 16.7 Å². The molecule has 0 saturated heterocycles. The predicted molar refractivity (Wildman–Crippen MR) is 63.4 cm³/mol. The highest BCUT2D eigenvalue weighted by molar-refractivity contribution is 5.95. The lowest BCUT2D eigenvalue weighted by molar-refractivity contribution is 0.0695. The molecule has 18 heavy (non-hydrogen) atoms. The van der Waals surface area contributed by atoms with E-state index in [4.69, 9.17) is 15.3 Å². The van der Waals surface area contributed by atoms with Crippen LogP contribution in [0.25, 0.3) is 0 Å². The number of nitrogens with one attached hydrogen (secondary N) is 1. The molecular weight excluding hydrogens is 236 g/mol. The Morgan fingerprint density at radius 3 is 2.72 bits per heavy atom. The van der Waals surface area contributed by atoms with Crippen LogP contribution in [0.2, 0.25) is 0 Å². The first kappa shape index (κ1) is 12.6. The maximum Gasteiger partial charge on any atom is 0.338 e. The Balaban J connectivity index is 2.00. The average molecular weight is 252 g/mol. The van der Waals surface area contributed by atoms with E-state index >= 15 is 0 Å². The minimum atomic E-state index is -1.12. The van der Waals surface area contributed by atoms with E-state index in [0.29, 0.717) is 0 Å². The van der Waals surface area contributed by atoms with Gasteiger partial charge in [0.05, 0.1) is 5.56 Å². The molecule has 6 nitrogen and oxygen atoms in total. The van der Waals surface area contributed by atoms with E-state index in [9.17, 15) is 9.59 Å². The minimum Gasteiger partial charge on any atom is -0.478 e. The highest BCUT2D eigenvalue weighted by Crippen LogP contribution is 2.17. The number of aromatic carboxylic acids is 1. The van der Waals surface area contributed by atoms with Gasteiger partial charge in [-0.25, -0.2) is 4.79 Å². The molecule has 1 heterocycles.